The van der Waals surface area contributed by atoms with Gasteiger partial charge in [0.25, 0.3) is 5.56 Å². The van der Waals surface area contributed by atoms with E-state index in [-0.39, 0.29) is 28.9 Å². The van der Waals surface area contributed by atoms with E-state index in [9.17, 15) is 18.0 Å². The average molecular weight is 427 g/mol. The molecule has 25 heavy (non-hydrogen) atoms. The molecule has 0 fully saturated rings. The van der Waals surface area contributed by atoms with Crippen LogP contribution in [0.5, 0.6) is 0 Å². The lowest BCUT2D eigenvalue weighted by Crippen LogP contribution is -2.40. The number of hydrogen-bond acceptors (Lipinski definition) is 4. The molecule has 2 rings (SSSR count). The Balaban J connectivity index is 2.33. The van der Waals surface area contributed by atoms with Gasteiger partial charge in [-0.05, 0) is 60.1 Å². The number of aromatic nitrogens is 1. The standard InChI is InChI=1S/C17H19BrN2O4S/c1-12(2)20(14-5-7-15(8-6-14)25(3,23)24)17(22)11-19-10-13(18)4-9-16(19)21/h4-10,12H,11H2,1-3H3. The van der Waals surface area contributed by atoms with E-state index in [2.05, 4.69) is 15.9 Å². The van der Waals surface area contributed by atoms with Crippen molar-refractivity contribution in [3.05, 3.63) is 57.4 Å². The van der Waals surface area contributed by atoms with Gasteiger partial charge in [-0.15, -0.1) is 0 Å². The zero-order chi connectivity index (χ0) is 18.8. The van der Waals surface area contributed by atoms with Gasteiger partial charge in [0.2, 0.25) is 5.91 Å². The number of hydrogen-bond donors (Lipinski definition) is 0. The van der Waals surface area contributed by atoms with Crippen LogP contribution in [-0.4, -0.2) is 31.2 Å². The highest BCUT2D eigenvalue weighted by Gasteiger charge is 2.20. The van der Waals surface area contributed by atoms with Crippen molar-refractivity contribution in [1.29, 1.82) is 0 Å². The molecule has 0 N–H and O–H groups in total. The van der Waals surface area contributed by atoms with Crippen LogP contribution in [-0.2, 0) is 21.2 Å². The number of carbonyl (C=O) groups excluding carboxylic acids is 1. The molecule has 0 unspecified atom stereocenters. The van der Waals surface area contributed by atoms with Crippen molar-refractivity contribution >= 4 is 37.4 Å². The Morgan fingerprint density at radius 1 is 1.16 bits per heavy atom. The first-order chi connectivity index (χ1) is 11.6. The van der Waals surface area contributed by atoms with Crippen LogP contribution in [0.3, 0.4) is 0 Å². The zero-order valence-electron chi connectivity index (χ0n) is 14.1. The fourth-order valence-electron chi connectivity index (χ4n) is 2.43. The van der Waals surface area contributed by atoms with Crippen LogP contribution < -0.4 is 10.5 Å². The van der Waals surface area contributed by atoms with Gasteiger partial charge in [0.05, 0.1) is 4.90 Å². The normalized spacial score (nSPS) is 11.6. The van der Waals surface area contributed by atoms with Gasteiger partial charge in [-0.1, -0.05) is 0 Å². The molecular formula is C17H19BrN2O4S. The van der Waals surface area contributed by atoms with Gasteiger partial charge < -0.3 is 9.47 Å². The van der Waals surface area contributed by atoms with Crippen molar-refractivity contribution in [3.8, 4) is 0 Å². The Labute approximate surface area is 155 Å². The van der Waals surface area contributed by atoms with Crippen molar-refractivity contribution in [2.45, 2.75) is 31.3 Å². The van der Waals surface area contributed by atoms with Crippen LogP contribution in [0.2, 0.25) is 0 Å². The number of halogens is 1. The smallest absolute Gasteiger partial charge is 0.251 e. The third kappa shape index (κ3) is 4.79. The fraction of sp³-hybridized carbons (Fsp3) is 0.294. The molecule has 1 heterocycles. The maximum atomic E-state index is 12.7. The number of carbonyl (C=O) groups is 1. The molecule has 1 aromatic heterocycles. The quantitative estimate of drug-likeness (QED) is 0.735. The lowest BCUT2D eigenvalue weighted by Gasteiger charge is -2.27. The van der Waals surface area contributed by atoms with E-state index in [4.69, 9.17) is 0 Å². The van der Waals surface area contributed by atoms with Crippen LogP contribution in [0.25, 0.3) is 0 Å². The topological polar surface area (TPSA) is 76.5 Å². The molecule has 0 aliphatic rings. The van der Waals surface area contributed by atoms with Gasteiger partial charge >= 0.3 is 0 Å². The molecule has 0 aliphatic heterocycles. The molecule has 1 amide bonds. The first kappa shape index (κ1) is 19.4. The SMILES string of the molecule is CC(C)N(C(=O)Cn1cc(Br)ccc1=O)c1ccc(S(C)(=O)=O)cc1. The van der Waals surface area contributed by atoms with Crippen molar-refractivity contribution in [3.63, 3.8) is 0 Å². The molecule has 0 spiro atoms. The van der Waals surface area contributed by atoms with E-state index in [1.54, 1.807) is 29.3 Å². The van der Waals surface area contributed by atoms with Gasteiger partial charge in [0.15, 0.2) is 9.84 Å². The van der Waals surface area contributed by atoms with Gasteiger partial charge in [0.1, 0.15) is 6.54 Å². The predicted octanol–water partition coefficient (Wildman–Crippen LogP) is 2.46. The molecule has 0 bridgehead atoms. The summed E-state index contributed by atoms with van der Waals surface area (Å²) in [7, 11) is -3.30. The molecule has 2 aromatic rings. The Morgan fingerprint density at radius 2 is 1.76 bits per heavy atom. The number of benzene rings is 1. The Morgan fingerprint density at radius 3 is 2.28 bits per heavy atom. The first-order valence-electron chi connectivity index (χ1n) is 7.58. The second-order valence-electron chi connectivity index (χ2n) is 5.94. The van der Waals surface area contributed by atoms with Gasteiger partial charge in [-0.25, -0.2) is 8.42 Å². The van der Waals surface area contributed by atoms with Crippen LogP contribution >= 0.6 is 15.9 Å². The summed E-state index contributed by atoms with van der Waals surface area (Å²) in [6.07, 6.45) is 2.69. The minimum absolute atomic E-state index is 0.107. The summed E-state index contributed by atoms with van der Waals surface area (Å²) in [6, 6.07) is 8.98. The second kappa shape index (κ2) is 7.53. The van der Waals surface area contributed by atoms with Crippen LogP contribution in [0, 0.1) is 0 Å². The highest BCUT2D eigenvalue weighted by Crippen LogP contribution is 2.21. The first-order valence-corrected chi connectivity index (χ1v) is 10.3. The van der Waals surface area contributed by atoms with Gasteiger partial charge in [-0.3, -0.25) is 9.59 Å². The summed E-state index contributed by atoms with van der Waals surface area (Å²) in [4.78, 5) is 26.4. The number of sulfone groups is 1. The molecule has 6 nitrogen and oxygen atoms in total. The number of rotatable bonds is 5. The molecule has 134 valence electrons. The highest BCUT2D eigenvalue weighted by molar-refractivity contribution is 9.10. The summed E-state index contributed by atoms with van der Waals surface area (Å²) in [5.41, 5.74) is 0.308. The summed E-state index contributed by atoms with van der Waals surface area (Å²) in [5.74, 6) is -0.262. The van der Waals surface area contributed by atoms with E-state index < -0.39 is 9.84 Å². The van der Waals surface area contributed by atoms with E-state index in [1.165, 1.54) is 22.8 Å². The van der Waals surface area contributed by atoms with E-state index >= 15 is 0 Å². The molecule has 0 saturated carbocycles. The second-order valence-corrected chi connectivity index (χ2v) is 8.87. The van der Waals surface area contributed by atoms with E-state index in [0.717, 1.165) is 6.26 Å². The molecule has 0 saturated heterocycles. The van der Waals surface area contributed by atoms with Crippen LogP contribution in [0.4, 0.5) is 5.69 Å². The summed E-state index contributed by atoms with van der Waals surface area (Å²) >= 11 is 3.28. The molecule has 0 atom stereocenters. The molecule has 0 aliphatic carbocycles. The predicted molar refractivity (Wildman–Crippen MR) is 101 cm³/mol. The van der Waals surface area contributed by atoms with Crippen molar-refractivity contribution in [1.82, 2.24) is 4.57 Å². The summed E-state index contributed by atoms with van der Waals surface area (Å²) in [5, 5.41) is 0. The fourth-order valence-corrected chi connectivity index (χ4v) is 3.44. The van der Waals surface area contributed by atoms with Crippen molar-refractivity contribution in [2.24, 2.45) is 0 Å². The monoisotopic (exact) mass is 426 g/mol. The third-order valence-corrected chi connectivity index (χ3v) is 5.18. The molecule has 0 radical (unpaired) electrons. The maximum absolute atomic E-state index is 12.7. The van der Waals surface area contributed by atoms with E-state index in [1.807, 2.05) is 13.8 Å². The van der Waals surface area contributed by atoms with Crippen molar-refractivity contribution < 1.29 is 13.2 Å². The Bertz CT molecular complexity index is 934. The van der Waals surface area contributed by atoms with Gasteiger partial charge in [-0.2, -0.15) is 0 Å². The highest BCUT2D eigenvalue weighted by atomic mass is 79.9. The lowest BCUT2D eigenvalue weighted by molar-refractivity contribution is -0.119. The number of anilines is 1. The minimum atomic E-state index is -3.30. The average Bonchev–Trinajstić information content (AvgIpc) is 2.50. The minimum Gasteiger partial charge on any atom is -0.308 e. The van der Waals surface area contributed by atoms with Crippen LogP contribution in [0.1, 0.15) is 13.8 Å². The lowest BCUT2D eigenvalue weighted by atomic mass is 10.2. The zero-order valence-corrected chi connectivity index (χ0v) is 16.5. The number of nitrogens with zero attached hydrogens (tertiary/aromatic N) is 2. The Hall–Kier alpha value is -1.93. The maximum Gasteiger partial charge on any atom is 0.251 e. The third-order valence-electron chi connectivity index (χ3n) is 3.58. The van der Waals surface area contributed by atoms with Crippen molar-refractivity contribution in [2.75, 3.05) is 11.2 Å². The summed E-state index contributed by atoms with van der Waals surface area (Å²) < 4.78 is 25.2. The number of pyridine rings is 1. The number of amides is 1. The Kier molecular flexibility index (Phi) is 5.84. The van der Waals surface area contributed by atoms with E-state index in [0.29, 0.717) is 10.2 Å². The molecular weight excluding hydrogens is 408 g/mol. The summed E-state index contributed by atoms with van der Waals surface area (Å²) in [6.45, 7) is 3.60. The van der Waals surface area contributed by atoms with Crippen LogP contribution in [0.15, 0.2) is 56.8 Å². The largest absolute Gasteiger partial charge is 0.308 e. The molecule has 8 heteroatoms. The van der Waals surface area contributed by atoms with Gasteiger partial charge in [0, 0.05) is 34.7 Å². The molecule has 1 aromatic carbocycles.